The molecular formula is C20H26ClN3O3S. The molecule has 8 heteroatoms. The summed E-state index contributed by atoms with van der Waals surface area (Å²) in [4.78, 5) is 12.7. The van der Waals surface area contributed by atoms with Gasteiger partial charge in [-0.05, 0) is 75.2 Å². The maximum Gasteiger partial charge on any atom is 0.262 e. The van der Waals surface area contributed by atoms with Gasteiger partial charge in [0, 0.05) is 17.3 Å². The van der Waals surface area contributed by atoms with Gasteiger partial charge in [0.25, 0.3) is 15.9 Å². The maximum absolute atomic E-state index is 12.8. The van der Waals surface area contributed by atoms with Crippen molar-refractivity contribution in [3.8, 4) is 0 Å². The van der Waals surface area contributed by atoms with E-state index in [1.807, 2.05) is 13.0 Å². The van der Waals surface area contributed by atoms with Crippen molar-refractivity contribution >= 4 is 34.0 Å². The minimum atomic E-state index is -3.73. The second-order valence-corrected chi connectivity index (χ2v) is 8.60. The standard InChI is InChI=1S/C20H25N3O3S.ClH/c1-14-6-7-15(2)19(12-14)27(25,26)23-18-5-3-4-16(13-18)20(24)22-17-8-10-21-11-9-17;/h3-7,12-13,17,21,23H,8-11H2,1-2H3,(H,22,24);1H. The number of aryl methyl sites for hydroxylation is 2. The molecule has 0 radical (unpaired) electrons. The summed E-state index contributed by atoms with van der Waals surface area (Å²) in [6.45, 7) is 5.39. The third-order valence-corrected chi connectivity index (χ3v) is 6.21. The normalized spacial score (nSPS) is 14.8. The SMILES string of the molecule is Cc1ccc(C)c(S(=O)(=O)Nc2cccc(C(=O)NC3CCNCC3)c2)c1.Cl. The fourth-order valence-corrected chi connectivity index (χ4v) is 4.55. The van der Waals surface area contributed by atoms with E-state index in [0.29, 0.717) is 16.8 Å². The van der Waals surface area contributed by atoms with Crippen LogP contribution in [0, 0.1) is 13.8 Å². The molecule has 152 valence electrons. The number of benzene rings is 2. The van der Waals surface area contributed by atoms with Crippen LogP contribution in [0.1, 0.15) is 34.3 Å². The largest absolute Gasteiger partial charge is 0.349 e. The second kappa shape index (κ2) is 9.41. The third kappa shape index (κ3) is 5.47. The number of hydrogen-bond donors (Lipinski definition) is 3. The van der Waals surface area contributed by atoms with E-state index in [-0.39, 0.29) is 29.3 Å². The maximum atomic E-state index is 12.8. The molecule has 1 saturated heterocycles. The molecule has 0 aromatic heterocycles. The van der Waals surface area contributed by atoms with Crippen molar-refractivity contribution in [1.82, 2.24) is 10.6 Å². The van der Waals surface area contributed by atoms with E-state index in [1.165, 1.54) is 0 Å². The number of carbonyl (C=O) groups excluding carboxylic acids is 1. The summed E-state index contributed by atoms with van der Waals surface area (Å²) in [6, 6.07) is 12.0. The van der Waals surface area contributed by atoms with E-state index in [1.54, 1.807) is 43.3 Å². The first kappa shape index (κ1) is 22.2. The monoisotopic (exact) mass is 423 g/mol. The summed E-state index contributed by atoms with van der Waals surface area (Å²) in [7, 11) is -3.73. The Morgan fingerprint density at radius 1 is 1.07 bits per heavy atom. The second-order valence-electron chi connectivity index (χ2n) is 6.95. The molecule has 1 aliphatic rings. The van der Waals surface area contributed by atoms with Crippen molar-refractivity contribution in [2.75, 3.05) is 17.8 Å². The Morgan fingerprint density at radius 2 is 1.79 bits per heavy atom. The number of sulfonamides is 1. The van der Waals surface area contributed by atoms with Crippen LogP contribution in [0.3, 0.4) is 0 Å². The zero-order valence-corrected chi connectivity index (χ0v) is 17.6. The number of rotatable bonds is 5. The molecule has 1 heterocycles. The first-order valence-electron chi connectivity index (χ1n) is 9.07. The molecule has 1 fully saturated rings. The van der Waals surface area contributed by atoms with Crippen LogP contribution in [-0.4, -0.2) is 33.5 Å². The van der Waals surface area contributed by atoms with Crippen LogP contribution in [0.15, 0.2) is 47.4 Å². The van der Waals surface area contributed by atoms with Crippen LogP contribution in [0.5, 0.6) is 0 Å². The van der Waals surface area contributed by atoms with Crippen LogP contribution < -0.4 is 15.4 Å². The van der Waals surface area contributed by atoms with E-state index >= 15 is 0 Å². The molecule has 0 unspecified atom stereocenters. The molecule has 28 heavy (non-hydrogen) atoms. The van der Waals surface area contributed by atoms with Crippen molar-refractivity contribution in [2.24, 2.45) is 0 Å². The Hall–Kier alpha value is -2.09. The highest BCUT2D eigenvalue weighted by molar-refractivity contribution is 7.92. The number of carbonyl (C=O) groups is 1. The summed E-state index contributed by atoms with van der Waals surface area (Å²) < 4.78 is 28.1. The lowest BCUT2D eigenvalue weighted by Crippen LogP contribution is -2.42. The molecule has 0 aliphatic carbocycles. The molecule has 0 bridgehead atoms. The lowest BCUT2D eigenvalue weighted by Gasteiger charge is -2.23. The Balaban J connectivity index is 0.00000280. The highest BCUT2D eigenvalue weighted by atomic mass is 35.5. The van der Waals surface area contributed by atoms with Crippen LogP contribution >= 0.6 is 12.4 Å². The summed E-state index contributed by atoms with van der Waals surface area (Å²) in [5, 5.41) is 6.28. The predicted molar refractivity (Wildman–Crippen MR) is 114 cm³/mol. The minimum Gasteiger partial charge on any atom is -0.349 e. The van der Waals surface area contributed by atoms with Crippen molar-refractivity contribution in [3.05, 3.63) is 59.2 Å². The van der Waals surface area contributed by atoms with E-state index in [9.17, 15) is 13.2 Å². The predicted octanol–water partition coefficient (Wildman–Crippen LogP) is 3.01. The Morgan fingerprint density at radius 3 is 2.50 bits per heavy atom. The number of amides is 1. The zero-order chi connectivity index (χ0) is 19.4. The molecule has 6 nitrogen and oxygen atoms in total. The van der Waals surface area contributed by atoms with Crippen molar-refractivity contribution in [1.29, 1.82) is 0 Å². The fraction of sp³-hybridized carbons (Fsp3) is 0.350. The fourth-order valence-electron chi connectivity index (χ4n) is 3.17. The van der Waals surface area contributed by atoms with Gasteiger partial charge in [-0.2, -0.15) is 0 Å². The van der Waals surface area contributed by atoms with E-state index < -0.39 is 10.0 Å². The molecule has 2 aromatic rings. The van der Waals surface area contributed by atoms with Gasteiger partial charge in [-0.1, -0.05) is 18.2 Å². The molecular weight excluding hydrogens is 398 g/mol. The number of halogens is 1. The first-order chi connectivity index (χ1) is 12.8. The lowest BCUT2D eigenvalue weighted by molar-refractivity contribution is 0.0929. The summed E-state index contributed by atoms with van der Waals surface area (Å²) in [5.41, 5.74) is 2.35. The molecule has 3 N–H and O–H groups in total. The Bertz CT molecular complexity index is 941. The molecule has 3 rings (SSSR count). The highest BCUT2D eigenvalue weighted by Gasteiger charge is 2.19. The van der Waals surface area contributed by atoms with Gasteiger partial charge in [0.1, 0.15) is 0 Å². The van der Waals surface area contributed by atoms with Crippen LogP contribution in [0.4, 0.5) is 5.69 Å². The number of nitrogens with one attached hydrogen (secondary N) is 3. The number of piperidine rings is 1. The first-order valence-corrected chi connectivity index (χ1v) is 10.6. The summed E-state index contributed by atoms with van der Waals surface area (Å²) >= 11 is 0. The average Bonchev–Trinajstić information content (AvgIpc) is 2.64. The number of hydrogen-bond acceptors (Lipinski definition) is 4. The minimum absolute atomic E-state index is 0. The van der Waals surface area contributed by atoms with Gasteiger partial charge in [-0.15, -0.1) is 12.4 Å². The quantitative estimate of drug-likeness (QED) is 0.689. The van der Waals surface area contributed by atoms with Gasteiger partial charge in [-0.3, -0.25) is 9.52 Å². The molecule has 0 atom stereocenters. The van der Waals surface area contributed by atoms with Gasteiger partial charge in [0.05, 0.1) is 4.90 Å². The zero-order valence-electron chi connectivity index (χ0n) is 16.0. The molecule has 0 saturated carbocycles. The third-order valence-electron chi connectivity index (χ3n) is 4.68. The Labute approximate surface area is 172 Å². The van der Waals surface area contributed by atoms with E-state index in [0.717, 1.165) is 31.5 Å². The van der Waals surface area contributed by atoms with Gasteiger partial charge in [-0.25, -0.2) is 8.42 Å². The van der Waals surface area contributed by atoms with Crippen molar-refractivity contribution in [2.45, 2.75) is 37.6 Å². The summed E-state index contributed by atoms with van der Waals surface area (Å²) in [5.74, 6) is -0.185. The van der Waals surface area contributed by atoms with E-state index in [4.69, 9.17) is 0 Å². The van der Waals surface area contributed by atoms with E-state index in [2.05, 4.69) is 15.4 Å². The van der Waals surface area contributed by atoms with Gasteiger partial charge in [0.2, 0.25) is 0 Å². The van der Waals surface area contributed by atoms with Crippen LogP contribution in [0.2, 0.25) is 0 Å². The average molecular weight is 424 g/mol. The molecule has 1 amide bonds. The van der Waals surface area contributed by atoms with Gasteiger partial charge >= 0.3 is 0 Å². The Kier molecular flexibility index (Phi) is 7.46. The molecule has 1 aliphatic heterocycles. The highest BCUT2D eigenvalue weighted by Crippen LogP contribution is 2.21. The topological polar surface area (TPSA) is 87.3 Å². The van der Waals surface area contributed by atoms with Crippen molar-refractivity contribution < 1.29 is 13.2 Å². The smallest absolute Gasteiger partial charge is 0.262 e. The molecule has 0 spiro atoms. The molecule has 2 aromatic carbocycles. The lowest BCUT2D eigenvalue weighted by atomic mass is 10.1. The van der Waals surface area contributed by atoms with Gasteiger partial charge in [0.15, 0.2) is 0 Å². The number of anilines is 1. The van der Waals surface area contributed by atoms with Crippen LogP contribution in [-0.2, 0) is 10.0 Å². The summed E-state index contributed by atoms with van der Waals surface area (Å²) in [6.07, 6.45) is 1.79. The van der Waals surface area contributed by atoms with Crippen LogP contribution in [0.25, 0.3) is 0 Å². The van der Waals surface area contributed by atoms with Gasteiger partial charge < -0.3 is 10.6 Å². The van der Waals surface area contributed by atoms with Crippen molar-refractivity contribution in [3.63, 3.8) is 0 Å².